The number of amides is 1. The van der Waals surface area contributed by atoms with Crippen LogP contribution in [0.15, 0.2) is 42.5 Å². The highest BCUT2D eigenvalue weighted by atomic mass is 19.3. The van der Waals surface area contributed by atoms with Crippen LogP contribution in [0, 0.1) is 0 Å². The van der Waals surface area contributed by atoms with E-state index in [1.54, 1.807) is 12.1 Å². The van der Waals surface area contributed by atoms with Crippen molar-refractivity contribution >= 4 is 12.0 Å². The molecule has 0 radical (unpaired) electrons. The zero-order chi connectivity index (χ0) is 21.5. The monoisotopic (exact) mass is 419 g/mol. The van der Waals surface area contributed by atoms with Gasteiger partial charge in [-0.15, -0.1) is 0 Å². The summed E-state index contributed by atoms with van der Waals surface area (Å²) >= 11 is 0. The number of benzene rings is 2. The van der Waals surface area contributed by atoms with Crippen LogP contribution in [0.5, 0.6) is 23.0 Å². The standard InChI is InChI=1S/C22H23F2NO5/c1-14(16-6-8-17-20(13-16)29-11-3-10-28-17)25-21(26)9-5-15-4-7-18(30-22(23)24)19(12-15)27-2/h4-9,12-14,22H,3,10-11H2,1-2H3,(H,25,26)/b9-5+. The SMILES string of the molecule is COc1cc(/C=C/C(=O)NC(C)c2ccc3c(c2)OCCCO3)ccc1OC(F)F. The minimum absolute atomic E-state index is 0.0721. The maximum atomic E-state index is 12.4. The molecule has 1 atom stereocenters. The van der Waals surface area contributed by atoms with Crippen molar-refractivity contribution in [2.24, 2.45) is 0 Å². The van der Waals surface area contributed by atoms with Gasteiger partial charge in [-0.1, -0.05) is 12.1 Å². The maximum absolute atomic E-state index is 12.4. The fraction of sp³-hybridized carbons (Fsp3) is 0.318. The van der Waals surface area contributed by atoms with E-state index in [2.05, 4.69) is 10.1 Å². The van der Waals surface area contributed by atoms with Gasteiger partial charge in [0.05, 0.1) is 26.4 Å². The Morgan fingerprint density at radius 1 is 1.10 bits per heavy atom. The van der Waals surface area contributed by atoms with Gasteiger partial charge in [0.25, 0.3) is 0 Å². The number of nitrogens with one attached hydrogen (secondary N) is 1. The second kappa shape index (κ2) is 9.96. The Labute approximate surface area is 173 Å². The molecule has 1 aliphatic heterocycles. The van der Waals surface area contributed by atoms with E-state index < -0.39 is 6.61 Å². The van der Waals surface area contributed by atoms with E-state index in [9.17, 15) is 13.6 Å². The molecule has 0 bridgehead atoms. The third-order valence-corrected chi connectivity index (χ3v) is 4.46. The van der Waals surface area contributed by atoms with Crippen LogP contribution in [-0.2, 0) is 4.79 Å². The fourth-order valence-electron chi connectivity index (χ4n) is 2.95. The van der Waals surface area contributed by atoms with Gasteiger partial charge in [0.15, 0.2) is 23.0 Å². The number of fused-ring (bicyclic) bond motifs is 1. The van der Waals surface area contributed by atoms with Gasteiger partial charge in [-0.3, -0.25) is 4.79 Å². The number of rotatable bonds is 7. The molecule has 160 valence electrons. The maximum Gasteiger partial charge on any atom is 0.387 e. The van der Waals surface area contributed by atoms with Crippen LogP contribution < -0.4 is 24.3 Å². The van der Waals surface area contributed by atoms with Crippen molar-refractivity contribution < 1.29 is 32.5 Å². The predicted octanol–water partition coefficient (Wildman–Crippen LogP) is 4.35. The third kappa shape index (κ3) is 5.62. The normalized spacial score (nSPS) is 14.3. The Balaban J connectivity index is 1.63. The summed E-state index contributed by atoms with van der Waals surface area (Å²) in [6.07, 6.45) is 3.74. The molecule has 0 spiro atoms. The number of halogens is 2. The number of alkyl halides is 2. The van der Waals surface area contributed by atoms with E-state index in [-0.39, 0.29) is 23.4 Å². The summed E-state index contributed by atoms with van der Waals surface area (Å²) in [5.41, 5.74) is 1.49. The molecule has 6 nitrogen and oxygen atoms in total. The zero-order valence-corrected chi connectivity index (χ0v) is 16.7. The number of methoxy groups -OCH3 is 1. The summed E-state index contributed by atoms with van der Waals surface area (Å²) in [5.74, 6) is 1.14. The lowest BCUT2D eigenvalue weighted by Gasteiger charge is -2.15. The number of hydrogen-bond acceptors (Lipinski definition) is 5. The van der Waals surface area contributed by atoms with Crippen LogP contribution in [0.1, 0.15) is 30.5 Å². The van der Waals surface area contributed by atoms with Crippen LogP contribution in [-0.4, -0.2) is 32.8 Å². The number of carbonyl (C=O) groups is 1. The van der Waals surface area contributed by atoms with E-state index >= 15 is 0 Å². The number of carbonyl (C=O) groups excluding carboxylic acids is 1. The Morgan fingerprint density at radius 3 is 2.60 bits per heavy atom. The average molecular weight is 419 g/mol. The summed E-state index contributed by atoms with van der Waals surface area (Å²) < 4.78 is 45.6. The first-order valence-corrected chi connectivity index (χ1v) is 9.47. The minimum atomic E-state index is -2.95. The van der Waals surface area contributed by atoms with Gasteiger partial charge < -0.3 is 24.3 Å². The molecule has 0 aromatic heterocycles. The van der Waals surface area contributed by atoms with Crippen LogP contribution in [0.2, 0.25) is 0 Å². The number of ether oxygens (including phenoxy) is 4. The Hall–Kier alpha value is -3.29. The van der Waals surface area contributed by atoms with Crippen LogP contribution in [0.4, 0.5) is 8.78 Å². The first-order chi connectivity index (χ1) is 14.5. The Kier molecular flexibility index (Phi) is 7.11. The molecule has 1 N–H and O–H groups in total. The Bertz CT molecular complexity index is 916. The summed E-state index contributed by atoms with van der Waals surface area (Å²) in [4.78, 5) is 12.3. The largest absolute Gasteiger partial charge is 0.493 e. The molecule has 8 heteroatoms. The van der Waals surface area contributed by atoms with Gasteiger partial charge in [-0.05, 0) is 48.4 Å². The molecule has 1 heterocycles. The summed E-state index contributed by atoms with van der Waals surface area (Å²) in [6.45, 7) is 0.121. The van der Waals surface area contributed by atoms with Crippen LogP contribution >= 0.6 is 0 Å². The molecule has 3 rings (SSSR count). The summed E-state index contributed by atoms with van der Waals surface area (Å²) in [7, 11) is 1.35. The summed E-state index contributed by atoms with van der Waals surface area (Å²) in [5, 5.41) is 2.88. The van der Waals surface area contributed by atoms with E-state index in [1.807, 2.05) is 25.1 Å². The topological polar surface area (TPSA) is 66.0 Å². The van der Waals surface area contributed by atoms with Crippen molar-refractivity contribution in [3.63, 3.8) is 0 Å². The van der Waals surface area contributed by atoms with Gasteiger partial charge in [0, 0.05) is 12.5 Å². The number of hydrogen-bond donors (Lipinski definition) is 1. The van der Waals surface area contributed by atoms with E-state index in [0.717, 1.165) is 12.0 Å². The lowest BCUT2D eigenvalue weighted by atomic mass is 10.1. The van der Waals surface area contributed by atoms with Gasteiger partial charge in [0.1, 0.15) is 0 Å². The van der Waals surface area contributed by atoms with Crippen molar-refractivity contribution in [2.75, 3.05) is 20.3 Å². The van der Waals surface area contributed by atoms with Crippen molar-refractivity contribution in [1.82, 2.24) is 5.32 Å². The Morgan fingerprint density at radius 2 is 1.87 bits per heavy atom. The fourth-order valence-corrected chi connectivity index (χ4v) is 2.95. The molecular formula is C22H23F2NO5. The lowest BCUT2D eigenvalue weighted by Crippen LogP contribution is -2.24. The minimum Gasteiger partial charge on any atom is -0.493 e. The molecule has 30 heavy (non-hydrogen) atoms. The van der Waals surface area contributed by atoms with E-state index in [0.29, 0.717) is 30.3 Å². The van der Waals surface area contributed by atoms with Crippen molar-refractivity contribution in [3.8, 4) is 23.0 Å². The second-order valence-corrected chi connectivity index (χ2v) is 6.61. The smallest absolute Gasteiger partial charge is 0.387 e. The quantitative estimate of drug-likeness (QED) is 0.676. The molecular weight excluding hydrogens is 396 g/mol. The van der Waals surface area contributed by atoms with Crippen molar-refractivity contribution in [1.29, 1.82) is 0 Å². The predicted molar refractivity (Wildman–Crippen MR) is 107 cm³/mol. The van der Waals surface area contributed by atoms with Gasteiger partial charge in [-0.2, -0.15) is 8.78 Å². The first kappa shape index (κ1) is 21.4. The average Bonchev–Trinajstić information content (AvgIpc) is 2.97. The molecule has 0 saturated heterocycles. The zero-order valence-electron chi connectivity index (χ0n) is 16.7. The lowest BCUT2D eigenvalue weighted by molar-refractivity contribution is -0.117. The molecule has 0 saturated carbocycles. The van der Waals surface area contributed by atoms with Crippen LogP contribution in [0.25, 0.3) is 6.08 Å². The van der Waals surface area contributed by atoms with Crippen LogP contribution in [0.3, 0.4) is 0 Å². The highest BCUT2D eigenvalue weighted by molar-refractivity contribution is 5.92. The molecule has 2 aromatic carbocycles. The second-order valence-electron chi connectivity index (χ2n) is 6.61. The van der Waals surface area contributed by atoms with E-state index in [4.69, 9.17) is 14.2 Å². The van der Waals surface area contributed by atoms with E-state index in [1.165, 1.54) is 25.3 Å². The third-order valence-electron chi connectivity index (χ3n) is 4.46. The molecule has 0 fully saturated rings. The van der Waals surface area contributed by atoms with Gasteiger partial charge >= 0.3 is 6.61 Å². The molecule has 1 unspecified atom stereocenters. The van der Waals surface area contributed by atoms with Gasteiger partial charge in [-0.25, -0.2) is 0 Å². The van der Waals surface area contributed by atoms with Crippen molar-refractivity contribution in [2.45, 2.75) is 26.0 Å². The first-order valence-electron chi connectivity index (χ1n) is 9.47. The van der Waals surface area contributed by atoms with Gasteiger partial charge in [0.2, 0.25) is 5.91 Å². The molecule has 1 amide bonds. The summed E-state index contributed by atoms with van der Waals surface area (Å²) in [6, 6.07) is 9.76. The molecule has 1 aliphatic rings. The molecule has 2 aromatic rings. The highest BCUT2D eigenvalue weighted by Gasteiger charge is 2.15. The van der Waals surface area contributed by atoms with Crippen molar-refractivity contribution in [3.05, 3.63) is 53.6 Å². The molecule has 0 aliphatic carbocycles. The highest BCUT2D eigenvalue weighted by Crippen LogP contribution is 2.32.